The molecular weight excluding hydrogens is 483 g/mol. The summed E-state index contributed by atoms with van der Waals surface area (Å²) in [4.78, 5) is 51.3. The lowest BCUT2D eigenvalue weighted by atomic mass is 9.56. The number of alkyl halides is 2. The Morgan fingerprint density at radius 3 is 2.47 bits per heavy atom. The van der Waals surface area contributed by atoms with Gasteiger partial charge in [-0.2, -0.15) is 0 Å². The first-order chi connectivity index (χ1) is 16.0. The number of ether oxygens (including phenoxy) is 1. The lowest BCUT2D eigenvalue weighted by Gasteiger charge is -2.50. The van der Waals surface area contributed by atoms with Crippen LogP contribution in [0.25, 0.3) is 0 Å². The summed E-state index contributed by atoms with van der Waals surface area (Å²) in [7, 11) is 2.79. The highest BCUT2D eigenvalue weighted by atomic mass is 35.5. The molecule has 1 aromatic carbocycles. The van der Waals surface area contributed by atoms with Gasteiger partial charge in [0.2, 0.25) is 11.8 Å². The summed E-state index contributed by atoms with van der Waals surface area (Å²) in [6.45, 7) is 1.98. The largest absolute Gasteiger partial charge is 0.508 e. The van der Waals surface area contributed by atoms with Gasteiger partial charge in [0.25, 0.3) is 11.8 Å². The first-order valence-corrected chi connectivity index (χ1v) is 11.9. The zero-order chi connectivity index (χ0) is 24.7. The zero-order valence-electron chi connectivity index (χ0n) is 18.9. The monoisotopic (exact) mass is 506 g/mol. The molecule has 8 nitrogen and oxygen atoms in total. The van der Waals surface area contributed by atoms with Crippen LogP contribution in [0, 0.1) is 17.8 Å². The number of hydrogen-bond acceptors (Lipinski definition) is 6. The normalized spacial score (nSPS) is 36.9. The van der Waals surface area contributed by atoms with E-state index in [4.69, 9.17) is 27.9 Å². The number of phenolic OH excluding ortho intramolecular Hbond substituents is 1. The van der Waals surface area contributed by atoms with Crippen LogP contribution in [-0.4, -0.2) is 69.0 Å². The summed E-state index contributed by atoms with van der Waals surface area (Å²) >= 11 is 14.1. The maximum Gasteiger partial charge on any atom is 0.253 e. The van der Waals surface area contributed by atoms with Crippen molar-refractivity contribution >= 4 is 46.8 Å². The number of carbonyl (C=O) groups excluding carboxylic acids is 4. The molecule has 0 unspecified atom stereocenters. The minimum Gasteiger partial charge on any atom is -0.508 e. The van der Waals surface area contributed by atoms with E-state index in [-0.39, 0.29) is 36.1 Å². The van der Waals surface area contributed by atoms with E-state index in [9.17, 15) is 24.3 Å². The molecule has 10 heteroatoms. The number of amides is 4. The molecule has 3 fully saturated rings. The van der Waals surface area contributed by atoms with Crippen molar-refractivity contribution in [2.75, 3.05) is 20.7 Å². The molecule has 180 valence electrons. The van der Waals surface area contributed by atoms with E-state index in [1.807, 2.05) is 6.08 Å². The second kappa shape index (κ2) is 7.46. The summed E-state index contributed by atoms with van der Waals surface area (Å²) in [5.41, 5.74) is 0.904. The maximum absolute atomic E-state index is 13.5. The fraction of sp³-hybridized carbons (Fsp3) is 0.500. The van der Waals surface area contributed by atoms with Crippen molar-refractivity contribution in [2.45, 2.75) is 35.4 Å². The van der Waals surface area contributed by atoms with Crippen LogP contribution in [0.5, 0.6) is 11.5 Å². The number of methoxy groups -OCH3 is 1. The van der Waals surface area contributed by atoms with Gasteiger partial charge in [0.1, 0.15) is 11.5 Å². The molecule has 2 aliphatic carbocycles. The van der Waals surface area contributed by atoms with Crippen LogP contribution >= 0.6 is 23.2 Å². The number of halogens is 2. The van der Waals surface area contributed by atoms with E-state index < -0.39 is 45.2 Å². The highest BCUT2D eigenvalue weighted by Crippen LogP contribution is 2.66. The molecular formula is C24H24Cl2N2O6. The molecule has 0 bridgehead atoms. The molecule has 2 aliphatic heterocycles. The van der Waals surface area contributed by atoms with Crippen LogP contribution in [0.1, 0.15) is 31.2 Å². The second-order valence-corrected chi connectivity index (χ2v) is 10.6. The first-order valence-electron chi connectivity index (χ1n) is 11.1. The Morgan fingerprint density at radius 2 is 1.82 bits per heavy atom. The molecule has 6 atom stereocenters. The smallest absolute Gasteiger partial charge is 0.253 e. The standard InChI is InChI=1S/C24H24Cl2N2O6/c1-4-28-19(30)13-7-6-12-15(17(13)20(28)31)10-23(25)21(32)27(2)22(33)24(23,26)18(12)14-9-11(34-3)5-8-16(14)29/h5-6,8-9,13,15,17-18,29H,4,7,10H2,1-3H3/t13-,15+,17-,18+,23+,24-/m0/s1. The molecule has 4 aliphatic rings. The predicted molar refractivity (Wildman–Crippen MR) is 123 cm³/mol. The van der Waals surface area contributed by atoms with Gasteiger partial charge in [-0.25, -0.2) is 0 Å². The molecule has 0 radical (unpaired) electrons. The van der Waals surface area contributed by atoms with Crippen LogP contribution in [0.15, 0.2) is 29.8 Å². The van der Waals surface area contributed by atoms with Gasteiger partial charge in [-0.1, -0.05) is 11.6 Å². The fourth-order valence-electron chi connectivity index (χ4n) is 6.36. The van der Waals surface area contributed by atoms with Crippen molar-refractivity contribution in [3.63, 3.8) is 0 Å². The Morgan fingerprint density at radius 1 is 1.12 bits per heavy atom. The number of nitrogens with zero attached hydrogens (tertiary/aromatic N) is 2. The Bertz CT molecular complexity index is 1180. The third-order valence-electron chi connectivity index (χ3n) is 7.97. The van der Waals surface area contributed by atoms with Crippen molar-refractivity contribution < 1.29 is 29.0 Å². The summed E-state index contributed by atoms with van der Waals surface area (Å²) < 4.78 is 5.33. The molecule has 0 aromatic heterocycles. The van der Waals surface area contributed by atoms with Gasteiger partial charge in [-0.05, 0) is 43.9 Å². The fourth-order valence-corrected chi connectivity index (χ4v) is 7.37. The first kappa shape index (κ1) is 23.2. The van der Waals surface area contributed by atoms with Crippen molar-refractivity contribution in [2.24, 2.45) is 17.8 Å². The average molecular weight is 507 g/mol. The number of hydrogen-bond donors (Lipinski definition) is 1. The molecule has 2 saturated heterocycles. The van der Waals surface area contributed by atoms with Gasteiger partial charge in [0, 0.05) is 25.1 Å². The van der Waals surface area contributed by atoms with Gasteiger partial charge in [0.05, 0.1) is 18.9 Å². The number of carbonyl (C=O) groups is 4. The minimum absolute atomic E-state index is 0.0717. The molecule has 1 aromatic rings. The quantitative estimate of drug-likeness (QED) is 0.383. The number of aromatic hydroxyl groups is 1. The Hall–Kier alpha value is -2.58. The van der Waals surface area contributed by atoms with Crippen LogP contribution in [0.4, 0.5) is 0 Å². The summed E-state index contributed by atoms with van der Waals surface area (Å²) in [5, 5.41) is 10.8. The van der Waals surface area contributed by atoms with E-state index in [0.29, 0.717) is 17.7 Å². The number of allylic oxidation sites excluding steroid dienone is 2. The molecule has 2 heterocycles. The zero-order valence-corrected chi connectivity index (χ0v) is 20.4. The van der Waals surface area contributed by atoms with E-state index in [0.717, 1.165) is 4.90 Å². The average Bonchev–Trinajstić information content (AvgIpc) is 3.14. The van der Waals surface area contributed by atoms with E-state index >= 15 is 0 Å². The van der Waals surface area contributed by atoms with Crippen LogP contribution < -0.4 is 4.74 Å². The third-order valence-corrected chi connectivity index (χ3v) is 9.38. The Balaban J connectivity index is 1.76. The van der Waals surface area contributed by atoms with Crippen molar-refractivity contribution in [1.29, 1.82) is 0 Å². The van der Waals surface area contributed by atoms with Crippen molar-refractivity contribution in [3.8, 4) is 11.5 Å². The van der Waals surface area contributed by atoms with Crippen LogP contribution in [0.3, 0.4) is 0 Å². The molecule has 4 amide bonds. The highest BCUT2D eigenvalue weighted by molar-refractivity contribution is 6.53. The summed E-state index contributed by atoms with van der Waals surface area (Å²) in [5.74, 6) is -4.51. The number of rotatable bonds is 3. The van der Waals surface area contributed by atoms with Gasteiger partial charge >= 0.3 is 0 Å². The maximum atomic E-state index is 13.5. The van der Waals surface area contributed by atoms with Crippen LogP contribution in [0.2, 0.25) is 0 Å². The highest BCUT2D eigenvalue weighted by Gasteiger charge is 2.76. The minimum atomic E-state index is -1.94. The third kappa shape index (κ3) is 2.61. The van der Waals surface area contributed by atoms with E-state index in [1.165, 1.54) is 25.1 Å². The SMILES string of the molecule is CCN1C(=O)[C@H]2[C@H](CC=C3[C@H]2C[C@@]2(Cl)C(=O)N(C)C(=O)[C@@]2(Cl)[C@H]3c2cc(OC)ccc2O)C1=O. The summed E-state index contributed by atoms with van der Waals surface area (Å²) in [6, 6.07) is 4.55. The van der Waals surface area contributed by atoms with Crippen molar-refractivity contribution in [1.82, 2.24) is 9.80 Å². The van der Waals surface area contributed by atoms with Gasteiger partial charge < -0.3 is 9.84 Å². The number of fused-ring (bicyclic) bond motifs is 4. The second-order valence-electron chi connectivity index (χ2n) is 9.34. The number of phenols is 1. The van der Waals surface area contributed by atoms with Gasteiger partial charge in [-0.3, -0.25) is 29.0 Å². The predicted octanol–water partition coefficient (Wildman–Crippen LogP) is 2.41. The molecule has 1 saturated carbocycles. The Labute approximate surface area is 206 Å². The topological polar surface area (TPSA) is 104 Å². The number of likely N-dealkylation sites (tertiary alicyclic amines) is 2. The molecule has 0 spiro atoms. The van der Waals surface area contributed by atoms with Gasteiger partial charge in [-0.15, -0.1) is 23.2 Å². The molecule has 5 rings (SSSR count). The molecule has 34 heavy (non-hydrogen) atoms. The number of benzene rings is 1. The lowest BCUT2D eigenvalue weighted by Crippen LogP contribution is -2.60. The number of imide groups is 2. The van der Waals surface area contributed by atoms with E-state index in [1.54, 1.807) is 19.1 Å². The lowest BCUT2D eigenvalue weighted by molar-refractivity contribution is -0.141. The van der Waals surface area contributed by atoms with Crippen molar-refractivity contribution in [3.05, 3.63) is 35.4 Å². The van der Waals surface area contributed by atoms with Crippen LogP contribution in [-0.2, 0) is 19.2 Å². The van der Waals surface area contributed by atoms with E-state index in [2.05, 4.69) is 0 Å². The van der Waals surface area contributed by atoms with Gasteiger partial charge in [0.15, 0.2) is 9.75 Å². The Kier molecular flexibility index (Phi) is 5.08. The molecule has 1 N–H and O–H groups in total. The summed E-state index contributed by atoms with van der Waals surface area (Å²) in [6.07, 6.45) is 2.05.